The van der Waals surface area contributed by atoms with Gasteiger partial charge in [0.1, 0.15) is 6.04 Å². The van der Waals surface area contributed by atoms with Crippen molar-refractivity contribution in [1.82, 2.24) is 14.9 Å². The van der Waals surface area contributed by atoms with Crippen LogP contribution in [0.5, 0.6) is 0 Å². The first-order chi connectivity index (χ1) is 13.8. The molecule has 1 aromatic rings. The van der Waals surface area contributed by atoms with Gasteiger partial charge in [-0.2, -0.15) is 16.1 Å². The molecule has 0 saturated carbocycles. The number of thioether (sulfide) groups is 1. The summed E-state index contributed by atoms with van der Waals surface area (Å²) in [5.41, 5.74) is 0.283. The van der Waals surface area contributed by atoms with Gasteiger partial charge in [0.15, 0.2) is 0 Å². The van der Waals surface area contributed by atoms with Crippen LogP contribution in [0, 0.1) is 0 Å². The summed E-state index contributed by atoms with van der Waals surface area (Å²) in [4.78, 5) is 25.1. The Bertz CT molecular complexity index is 800. The van der Waals surface area contributed by atoms with Gasteiger partial charge in [-0.05, 0) is 30.6 Å². The Balaban J connectivity index is 1.92. The molecule has 1 fully saturated rings. The van der Waals surface area contributed by atoms with Crippen molar-refractivity contribution < 1.29 is 22.7 Å². The highest BCUT2D eigenvalue weighted by Crippen LogP contribution is 2.15. The third kappa shape index (κ3) is 7.45. The fourth-order valence-corrected chi connectivity index (χ4v) is 4.78. The molecule has 11 heteroatoms. The highest BCUT2D eigenvalue weighted by atomic mass is 35.5. The molecule has 1 heterocycles. The van der Waals surface area contributed by atoms with Crippen molar-refractivity contribution in [2.24, 2.45) is 0 Å². The number of nitrogens with one attached hydrogen (secondary N) is 2. The van der Waals surface area contributed by atoms with Gasteiger partial charge in [-0.1, -0.05) is 23.7 Å². The quantitative estimate of drug-likeness (QED) is 0.535. The minimum absolute atomic E-state index is 0.0315. The molecule has 0 radical (unpaired) electrons. The normalized spacial score (nSPS) is 16.2. The van der Waals surface area contributed by atoms with Crippen LogP contribution in [0.25, 0.3) is 0 Å². The number of carbonyl (C=O) groups is 2. The number of carbonyl (C=O) groups excluding carboxylic acids is 2. The van der Waals surface area contributed by atoms with Crippen LogP contribution in [0.1, 0.15) is 16.8 Å². The van der Waals surface area contributed by atoms with Crippen molar-refractivity contribution >= 4 is 45.2 Å². The van der Waals surface area contributed by atoms with E-state index in [0.717, 1.165) is 0 Å². The lowest BCUT2D eigenvalue weighted by atomic mass is 10.1. The lowest BCUT2D eigenvalue weighted by Gasteiger charge is -2.26. The van der Waals surface area contributed by atoms with Gasteiger partial charge >= 0.3 is 0 Å². The van der Waals surface area contributed by atoms with Crippen molar-refractivity contribution in [3.63, 3.8) is 0 Å². The summed E-state index contributed by atoms with van der Waals surface area (Å²) in [5, 5.41) is 5.62. The Morgan fingerprint density at radius 3 is 2.62 bits per heavy atom. The summed E-state index contributed by atoms with van der Waals surface area (Å²) in [6.07, 6.45) is 2.32. The number of nitrogens with zero attached hydrogens (tertiary/aromatic N) is 1. The highest BCUT2D eigenvalue weighted by molar-refractivity contribution is 7.98. The summed E-state index contributed by atoms with van der Waals surface area (Å²) >= 11 is 7.60. The summed E-state index contributed by atoms with van der Waals surface area (Å²) in [7, 11) is -3.46. The maximum atomic E-state index is 12.6. The Kier molecular flexibility index (Phi) is 9.70. The molecule has 162 valence electrons. The molecule has 1 unspecified atom stereocenters. The van der Waals surface area contributed by atoms with E-state index in [0.29, 0.717) is 43.5 Å². The number of sulfonamides is 1. The number of hydrogen-bond donors (Lipinski definition) is 2. The van der Waals surface area contributed by atoms with Gasteiger partial charge < -0.3 is 15.4 Å². The van der Waals surface area contributed by atoms with Crippen LogP contribution in [0.3, 0.4) is 0 Å². The average molecular weight is 464 g/mol. The molecular formula is C18H26ClN3O5S2. The van der Waals surface area contributed by atoms with E-state index in [1.54, 1.807) is 36.0 Å². The van der Waals surface area contributed by atoms with Gasteiger partial charge in [0.2, 0.25) is 15.9 Å². The molecule has 2 rings (SSSR count). The number of halogens is 1. The Labute approximate surface area is 180 Å². The summed E-state index contributed by atoms with van der Waals surface area (Å²) in [6.45, 7) is 1.35. The van der Waals surface area contributed by atoms with E-state index in [2.05, 4.69) is 10.6 Å². The number of hydrogen-bond acceptors (Lipinski definition) is 6. The van der Waals surface area contributed by atoms with Gasteiger partial charge in [0, 0.05) is 19.6 Å². The first-order valence-electron chi connectivity index (χ1n) is 9.23. The van der Waals surface area contributed by atoms with Gasteiger partial charge in [0.25, 0.3) is 5.91 Å². The zero-order valence-corrected chi connectivity index (χ0v) is 18.6. The molecule has 1 aliphatic heterocycles. The van der Waals surface area contributed by atoms with Crippen molar-refractivity contribution in [2.45, 2.75) is 12.5 Å². The summed E-state index contributed by atoms with van der Waals surface area (Å²) < 4.78 is 31.2. The van der Waals surface area contributed by atoms with E-state index in [1.165, 1.54) is 4.31 Å². The molecule has 2 N–H and O–H groups in total. The average Bonchev–Trinajstić information content (AvgIpc) is 2.71. The third-order valence-corrected chi connectivity index (χ3v) is 7.22. The number of benzene rings is 1. The molecule has 0 aromatic heterocycles. The van der Waals surface area contributed by atoms with Crippen molar-refractivity contribution in [1.29, 1.82) is 0 Å². The first kappa shape index (κ1) is 23.9. The zero-order chi connectivity index (χ0) is 21.3. The predicted molar refractivity (Wildman–Crippen MR) is 115 cm³/mol. The zero-order valence-electron chi connectivity index (χ0n) is 16.2. The SMILES string of the molecule is CSCCC(NC(=O)c1ccccc1Cl)C(=O)NCCS(=O)(=O)N1CCOCC1. The van der Waals surface area contributed by atoms with Crippen LogP contribution in [0.15, 0.2) is 24.3 Å². The molecule has 0 aliphatic carbocycles. The second-order valence-electron chi connectivity index (χ2n) is 6.41. The smallest absolute Gasteiger partial charge is 0.253 e. The van der Waals surface area contributed by atoms with E-state index in [9.17, 15) is 18.0 Å². The van der Waals surface area contributed by atoms with Crippen LogP contribution < -0.4 is 10.6 Å². The minimum atomic E-state index is -3.46. The van der Waals surface area contributed by atoms with Gasteiger partial charge in [-0.25, -0.2) is 8.42 Å². The van der Waals surface area contributed by atoms with Crippen LogP contribution in [0.2, 0.25) is 5.02 Å². The fourth-order valence-electron chi connectivity index (χ4n) is 2.77. The monoisotopic (exact) mass is 463 g/mol. The lowest BCUT2D eigenvalue weighted by molar-refractivity contribution is -0.122. The van der Waals surface area contributed by atoms with Gasteiger partial charge in [-0.3, -0.25) is 9.59 Å². The van der Waals surface area contributed by atoms with E-state index >= 15 is 0 Å². The number of amides is 2. The molecule has 29 heavy (non-hydrogen) atoms. The molecule has 1 aromatic carbocycles. The Hall–Kier alpha value is -1.33. The number of rotatable bonds is 10. The van der Waals surface area contributed by atoms with E-state index in [-0.39, 0.29) is 17.9 Å². The third-order valence-electron chi connectivity index (χ3n) is 4.37. The van der Waals surface area contributed by atoms with E-state index in [1.807, 2.05) is 6.26 Å². The molecule has 0 spiro atoms. The Morgan fingerprint density at radius 1 is 1.28 bits per heavy atom. The van der Waals surface area contributed by atoms with Gasteiger partial charge in [-0.15, -0.1) is 0 Å². The second-order valence-corrected chi connectivity index (χ2v) is 9.89. The molecule has 8 nitrogen and oxygen atoms in total. The first-order valence-corrected chi connectivity index (χ1v) is 12.6. The molecular weight excluding hydrogens is 438 g/mol. The number of morpholine rings is 1. The van der Waals surface area contributed by atoms with Crippen LogP contribution in [-0.2, 0) is 19.6 Å². The standard InChI is InChI=1S/C18H26ClN3O5S2/c1-28-12-6-16(21-17(23)14-4-2-3-5-15(14)19)18(24)20-7-13-29(25,26)22-8-10-27-11-9-22/h2-5,16H,6-13H2,1H3,(H,20,24)(H,21,23). The predicted octanol–water partition coefficient (Wildman–Crippen LogP) is 0.970. The van der Waals surface area contributed by atoms with E-state index < -0.39 is 27.9 Å². The maximum Gasteiger partial charge on any atom is 0.253 e. The van der Waals surface area contributed by atoms with Crippen LogP contribution in [-0.4, -0.2) is 81.2 Å². The minimum Gasteiger partial charge on any atom is -0.379 e. The molecule has 1 atom stereocenters. The molecule has 2 amide bonds. The van der Waals surface area contributed by atoms with Crippen molar-refractivity contribution in [3.8, 4) is 0 Å². The highest BCUT2D eigenvalue weighted by Gasteiger charge is 2.26. The molecule has 1 saturated heterocycles. The van der Waals surface area contributed by atoms with E-state index in [4.69, 9.17) is 16.3 Å². The fraction of sp³-hybridized carbons (Fsp3) is 0.556. The van der Waals surface area contributed by atoms with Gasteiger partial charge in [0.05, 0.1) is 29.6 Å². The van der Waals surface area contributed by atoms with Crippen LogP contribution >= 0.6 is 23.4 Å². The molecule has 1 aliphatic rings. The topological polar surface area (TPSA) is 105 Å². The van der Waals surface area contributed by atoms with Crippen molar-refractivity contribution in [3.05, 3.63) is 34.9 Å². The summed E-state index contributed by atoms with van der Waals surface area (Å²) in [6, 6.07) is 5.80. The van der Waals surface area contributed by atoms with Crippen molar-refractivity contribution in [2.75, 3.05) is 50.6 Å². The van der Waals surface area contributed by atoms with Crippen LogP contribution in [0.4, 0.5) is 0 Å². The Morgan fingerprint density at radius 2 is 1.97 bits per heavy atom. The maximum absolute atomic E-state index is 12.6. The lowest BCUT2D eigenvalue weighted by Crippen LogP contribution is -2.49. The summed E-state index contributed by atoms with van der Waals surface area (Å²) in [5.74, 6) is -0.409. The largest absolute Gasteiger partial charge is 0.379 e. The number of ether oxygens (including phenoxy) is 1. The second kappa shape index (κ2) is 11.8. The molecule has 0 bridgehead atoms.